The number of hydrogen-bond donors (Lipinski definition) is 1. The number of nitrogens with one attached hydrogen (secondary N) is 1. The van der Waals surface area contributed by atoms with Crippen LogP contribution in [0.25, 0.3) is 0 Å². The topological polar surface area (TPSA) is 34.1 Å². The quantitative estimate of drug-likeness (QED) is 0.831. The van der Waals surface area contributed by atoms with E-state index >= 15 is 0 Å². The second kappa shape index (κ2) is 4.62. The molecule has 0 spiro atoms. The van der Waals surface area contributed by atoms with E-state index < -0.39 is 0 Å². The number of ether oxygens (including phenoxy) is 1. The minimum Gasteiger partial charge on any atom is -0.475 e. The third-order valence-electron chi connectivity index (χ3n) is 2.31. The third kappa shape index (κ3) is 2.36. The molecule has 0 bridgehead atoms. The molecule has 0 amide bonds. The lowest BCUT2D eigenvalue weighted by molar-refractivity contribution is 0.268. The van der Waals surface area contributed by atoms with Crippen LogP contribution in [0.2, 0.25) is 5.02 Å². The van der Waals surface area contributed by atoms with Crippen LogP contribution in [0.4, 0.5) is 0 Å². The predicted octanol–water partition coefficient (Wildman–Crippen LogP) is 1.87. The maximum atomic E-state index is 5.90. The van der Waals surface area contributed by atoms with Crippen molar-refractivity contribution >= 4 is 11.6 Å². The number of halogens is 1. The first kappa shape index (κ1) is 9.74. The summed E-state index contributed by atoms with van der Waals surface area (Å²) in [6.45, 7) is 1.74. The molecule has 1 aromatic rings. The van der Waals surface area contributed by atoms with E-state index in [0.717, 1.165) is 6.54 Å². The molecule has 14 heavy (non-hydrogen) atoms. The molecule has 1 saturated heterocycles. The zero-order chi connectivity index (χ0) is 9.80. The van der Waals surface area contributed by atoms with Crippen LogP contribution >= 0.6 is 11.6 Å². The number of pyridine rings is 1. The van der Waals surface area contributed by atoms with E-state index in [9.17, 15) is 0 Å². The Kier molecular flexibility index (Phi) is 3.22. The summed E-state index contributed by atoms with van der Waals surface area (Å²) in [6.07, 6.45) is 4.08. The zero-order valence-corrected chi connectivity index (χ0v) is 8.63. The molecule has 0 saturated carbocycles. The number of nitrogens with zero attached hydrogens (tertiary/aromatic N) is 1. The molecule has 0 aliphatic carbocycles. The molecule has 76 valence electrons. The highest BCUT2D eigenvalue weighted by molar-refractivity contribution is 6.31. The number of hydrogen-bond acceptors (Lipinski definition) is 3. The standard InChI is InChI=1S/C10H13ClN2O/c11-9-4-2-6-13-10(9)14-7-8-3-1-5-12-8/h2,4,6,8,12H,1,3,5,7H2/t8-/m1/s1. The van der Waals surface area contributed by atoms with E-state index in [0.29, 0.717) is 23.6 Å². The summed E-state index contributed by atoms with van der Waals surface area (Å²) in [5, 5.41) is 3.92. The Morgan fingerprint density at radius 3 is 3.29 bits per heavy atom. The molecule has 1 atom stereocenters. The first-order valence-corrected chi connectivity index (χ1v) is 5.21. The Morgan fingerprint density at radius 1 is 1.64 bits per heavy atom. The summed E-state index contributed by atoms with van der Waals surface area (Å²) in [4.78, 5) is 4.06. The van der Waals surface area contributed by atoms with Crippen molar-refractivity contribution in [1.82, 2.24) is 10.3 Å². The lowest BCUT2D eigenvalue weighted by Gasteiger charge is -2.11. The Balaban J connectivity index is 1.88. The van der Waals surface area contributed by atoms with Gasteiger partial charge in [0.25, 0.3) is 0 Å². The minimum atomic E-state index is 0.452. The molecule has 1 aliphatic heterocycles. The Morgan fingerprint density at radius 2 is 2.57 bits per heavy atom. The molecular weight excluding hydrogens is 200 g/mol. The number of rotatable bonds is 3. The van der Waals surface area contributed by atoms with Crippen LogP contribution in [0.5, 0.6) is 5.88 Å². The molecule has 2 heterocycles. The molecule has 3 nitrogen and oxygen atoms in total. The second-order valence-electron chi connectivity index (χ2n) is 3.39. The minimum absolute atomic E-state index is 0.452. The van der Waals surface area contributed by atoms with Crippen molar-refractivity contribution in [2.45, 2.75) is 18.9 Å². The second-order valence-corrected chi connectivity index (χ2v) is 3.80. The normalized spacial score (nSPS) is 21.1. The lowest BCUT2D eigenvalue weighted by atomic mass is 10.2. The fourth-order valence-electron chi connectivity index (χ4n) is 1.56. The first-order valence-electron chi connectivity index (χ1n) is 4.83. The summed E-state index contributed by atoms with van der Waals surface area (Å²) in [5.74, 6) is 0.530. The zero-order valence-electron chi connectivity index (χ0n) is 7.87. The molecule has 2 rings (SSSR count). The maximum Gasteiger partial charge on any atom is 0.232 e. The molecule has 1 N–H and O–H groups in total. The van der Waals surface area contributed by atoms with Crippen LogP contribution in [0.15, 0.2) is 18.3 Å². The van der Waals surface area contributed by atoms with E-state index in [1.165, 1.54) is 12.8 Å². The number of aromatic nitrogens is 1. The Labute approximate surface area is 88.4 Å². The molecule has 1 aliphatic rings. The highest BCUT2D eigenvalue weighted by Gasteiger charge is 2.15. The highest BCUT2D eigenvalue weighted by atomic mass is 35.5. The van der Waals surface area contributed by atoms with Gasteiger partial charge in [0, 0.05) is 12.2 Å². The summed E-state index contributed by atoms with van der Waals surface area (Å²) in [5.41, 5.74) is 0. The summed E-state index contributed by atoms with van der Waals surface area (Å²) in [7, 11) is 0. The van der Waals surface area contributed by atoms with Crippen molar-refractivity contribution in [3.63, 3.8) is 0 Å². The van der Waals surface area contributed by atoms with Gasteiger partial charge in [-0.1, -0.05) is 11.6 Å². The van der Waals surface area contributed by atoms with Gasteiger partial charge in [-0.3, -0.25) is 0 Å². The molecule has 0 aromatic carbocycles. The van der Waals surface area contributed by atoms with Gasteiger partial charge in [0.2, 0.25) is 5.88 Å². The third-order valence-corrected chi connectivity index (χ3v) is 2.60. The average molecular weight is 213 g/mol. The smallest absolute Gasteiger partial charge is 0.232 e. The van der Waals surface area contributed by atoms with Crippen molar-refractivity contribution in [2.24, 2.45) is 0 Å². The highest BCUT2D eigenvalue weighted by Crippen LogP contribution is 2.20. The molecule has 0 unspecified atom stereocenters. The van der Waals surface area contributed by atoms with Crippen LogP contribution in [-0.2, 0) is 0 Å². The predicted molar refractivity (Wildman–Crippen MR) is 55.8 cm³/mol. The molecule has 1 aromatic heterocycles. The fourth-order valence-corrected chi connectivity index (χ4v) is 1.73. The first-order chi connectivity index (χ1) is 6.86. The van der Waals surface area contributed by atoms with Crippen LogP contribution < -0.4 is 10.1 Å². The van der Waals surface area contributed by atoms with Gasteiger partial charge in [0.15, 0.2) is 0 Å². The van der Waals surface area contributed by atoms with Crippen molar-refractivity contribution in [1.29, 1.82) is 0 Å². The van der Waals surface area contributed by atoms with Gasteiger partial charge in [-0.05, 0) is 31.5 Å². The fraction of sp³-hybridized carbons (Fsp3) is 0.500. The molecule has 0 radical (unpaired) electrons. The monoisotopic (exact) mass is 212 g/mol. The van der Waals surface area contributed by atoms with E-state index in [2.05, 4.69) is 10.3 Å². The van der Waals surface area contributed by atoms with Gasteiger partial charge >= 0.3 is 0 Å². The summed E-state index contributed by atoms with van der Waals surface area (Å²) < 4.78 is 5.52. The van der Waals surface area contributed by atoms with Crippen LogP contribution in [0.1, 0.15) is 12.8 Å². The van der Waals surface area contributed by atoms with Crippen LogP contribution in [0.3, 0.4) is 0 Å². The van der Waals surface area contributed by atoms with Crippen molar-refractivity contribution in [2.75, 3.05) is 13.2 Å². The summed E-state index contributed by atoms with van der Waals surface area (Å²) >= 11 is 5.90. The van der Waals surface area contributed by atoms with E-state index in [1.807, 2.05) is 0 Å². The van der Waals surface area contributed by atoms with Gasteiger partial charge in [0.1, 0.15) is 11.6 Å². The van der Waals surface area contributed by atoms with E-state index in [-0.39, 0.29) is 0 Å². The summed E-state index contributed by atoms with van der Waals surface area (Å²) in [6, 6.07) is 4.03. The largest absolute Gasteiger partial charge is 0.475 e. The van der Waals surface area contributed by atoms with Gasteiger partial charge < -0.3 is 10.1 Å². The van der Waals surface area contributed by atoms with E-state index in [4.69, 9.17) is 16.3 Å². The molecule has 1 fully saturated rings. The lowest BCUT2D eigenvalue weighted by Crippen LogP contribution is -2.28. The van der Waals surface area contributed by atoms with Crippen molar-refractivity contribution < 1.29 is 4.74 Å². The Bertz CT molecular complexity index is 300. The maximum absolute atomic E-state index is 5.90. The molecule has 4 heteroatoms. The van der Waals surface area contributed by atoms with Crippen LogP contribution in [0, 0.1) is 0 Å². The van der Waals surface area contributed by atoms with Crippen molar-refractivity contribution in [3.05, 3.63) is 23.4 Å². The van der Waals surface area contributed by atoms with E-state index in [1.54, 1.807) is 18.3 Å². The van der Waals surface area contributed by atoms with Gasteiger partial charge in [-0.25, -0.2) is 4.98 Å². The SMILES string of the molecule is Clc1cccnc1OC[C@H]1CCCN1. The van der Waals surface area contributed by atoms with Crippen molar-refractivity contribution in [3.8, 4) is 5.88 Å². The molecular formula is C10H13ClN2O. The Hall–Kier alpha value is -0.800. The van der Waals surface area contributed by atoms with Gasteiger partial charge in [-0.2, -0.15) is 0 Å². The van der Waals surface area contributed by atoms with Gasteiger partial charge in [0.05, 0.1) is 0 Å². The van der Waals surface area contributed by atoms with Gasteiger partial charge in [-0.15, -0.1) is 0 Å². The van der Waals surface area contributed by atoms with Crippen LogP contribution in [-0.4, -0.2) is 24.2 Å². The average Bonchev–Trinajstić information content (AvgIpc) is 2.69.